The maximum Gasteiger partial charge on any atom is 0.218 e. The van der Waals surface area contributed by atoms with Crippen molar-refractivity contribution >= 4 is 29.9 Å². The van der Waals surface area contributed by atoms with Gasteiger partial charge in [0.2, 0.25) is 5.88 Å². The summed E-state index contributed by atoms with van der Waals surface area (Å²) in [5, 5.41) is 6.48. The lowest BCUT2D eigenvalue weighted by atomic mass is 10.1. The number of nitrogens with zero attached hydrogens (tertiary/aromatic N) is 2. The molecule has 0 radical (unpaired) electrons. The van der Waals surface area contributed by atoms with Gasteiger partial charge >= 0.3 is 0 Å². The Morgan fingerprint density at radius 3 is 2.73 bits per heavy atom. The predicted octanol–water partition coefficient (Wildman–Crippen LogP) is 3.80. The van der Waals surface area contributed by atoms with Crippen molar-refractivity contribution < 1.29 is 9.13 Å². The van der Waals surface area contributed by atoms with E-state index >= 15 is 0 Å². The first-order chi connectivity index (χ1) is 12.1. The first-order valence-electron chi connectivity index (χ1n) is 8.48. The van der Waals surface area contributed by atoms with Crippen LogP contribution in [0.1, 0.15) is 30.5 Å². The number of rotatable bonds is 7. The van der Waals surface area contributed by atoms with Crippen LogP contribution in [0, 0.1) is 12.7 Å². The van der Waals surface area contributed by atoms with E-state index in [2.05, 4.69) is 20.6 Å². The summed E-state index contributed by atoms with van der Waals surface area (Å²) < 4.78 is 18.9. The lowest BCUT2D eigenvalue weighted by molar-refractivity contribution is 0.322. The first-order valence-corrected chi connectivity index (χ1v) is 8.48. The normalized spacial score (nSPS) is 10.8. The largest absolute Gasteiger partial charge is 0.478 e. The topological polar surface area (TPSA) is 58.5 Å². The minimum Gasteiger partial charge on any atom is -0.478 e. The van der Waals surface area contributed by atoms with Gasteiger partial charge in [0.15, 0.2) is 5.96 Å². The smallest absolute Gasteiger partial charge is 0.218 e. The number of hydrogen-bond acceptors (Lipinski definition) is 3. The van der Waals surface area contributed by atoms with Gasteiger partial charge in [-0.1, -0.05) is 18.2 Å². The van der Waals surface area contributed by atoms with E-state index in [1.54, 1.807) is 19.2 Å². The molecule has 0 unspecified atom stereocenters. The molecule has 2 rings (SSSR count). The maximum absolute atomic E-state index is 13.3. The second-order valence-corrected chi connectivity index (χ2v) is 5.53. The van der Waals surface area contributed by atoms with Crippen LogP contribution in [0.25, 0.3) is 0 Å². The van der Waals surface area contributed by atoms with Crippen LogP contribution in [0.4, 0.5) is 4.39 Å². The highest BCUT2D eigenvalue weighted by Crippen LogP contribution is 2.14. The zero-order valence-corrected chi connectivity index (χ0v) is 17.7. The molecule has 1 aromatic heterocycles. The van der Waals surface area contributed by atoms with Crippen LogP contribution in [-0.4, -0.2) is 24.1 Å². The molecular weight excluding hydrogens is 446 g/mol. The van der Waals surface area contributed by atoms with Gasteiger partial charge in [0.1, 0.15) is 5.82 Å². The molecule has 0 spiro atoms. The molecule has 7 heteroatoms. The van der Waals surface area contributed by atoms with Crippen LogP contribution in [-0.2, 0) is 13.1 Å². The zero-order chi connectivity index (χ0) is 18.1. The standard InChI is InChI=1S/C19H25FN4O.HI/c1-4-21-19(23-12-15-8-9-17(20)14(3)11-15)24-13-16-7-6-10-22-18(16)25-5-2;/h6-11H,4-5,12-13H2,1-3H3,(H2,21,23,24);1H. The Balaban J connectivity index is 0.00000338. The highest BCUT2D eigenvalue weighted by Gasteiger charge is 2.06. The van der Waals surface area contributed by atoms with E-state index in [1.807, 2.05) is 32.0 Å². The van der Waals surface area contributed by atoms with Crippen molar-refractivity contribution in [2.75, 3.05) is 13.2 Å². The second-order valence-electron chi connectivity index (χ2n) is 5.53. The van der Waals surface area contributed by atoms with E-state index in [4.69, 9.17) is 4.74 Å². The number of aliphatic imine (C=N–C) groups is 1. The molecule has 5 nitrogen and oxygen atoms in total. The molecule has 0 aliphatic rings. The number of halogens is 2. The minimum atomic E-state index is -0.196. The number of aromatic nitrogens is 1. The summed E-state index contributed by atoms with van der Waals surface area (Å²) in [7, 11) is 0. The molecule has 1 heterocycles. The van der Waals surface area contributed by atoms with Crippen molar-refractivity contribution in [3.8, 4) is 5.88 Å². The molecule has 0 saturated heterocycles. The van der Waals surface area contributed by atoms with E-state index in [-0.39, 0.29) is 29.8 Å². The number of pyridine rings is 1. The monoisotopic (exact) mass is 472 g/mol. The molecule has 142 valence electrons. The summed E-state index contributed by atoms with van der Waals surface area (Å²) >= 11 is 0. The van der Waals surface area contributed by atoms with E-state index in [0.29, 0.717) is 37.1 Å². The molecule has 0 atom stereocenters. The van der Waals surface area contributed by atoms with Gasteiger partial charge in [0.05, 0.1) is 13.2 Å². The fourth-order valence-corrected chi connectivity index (χ4v) is 2.32. The third kappa shape index (κ3) is 6.78. The fourth-order valence-electron chi connectivity index (χ4n) is 2.32. The van der Waals surface area contributed by atoms with Gasteiger partial charge in [-0.3, -0.25) is 0 Å². The van der Waals surface area contributed by atoms with E-state index in [1.165, 1.54) is 6.07 Å². The lowest BCUT2D eigenvalue weighted by Gasteiger charge is -2.13. The number of benzene rings is 1. The zero-order valence-electron chi connectivity index (χ0n) is 15.4. The van der Waals surface area contributed by atoms with Crippen LogP contribution in [0.5, 0.6) is 5.88 Å². The summed E-state index contributed by atoms with van der Waals surface area (Å²) in [5.41, 5.74) is 2.56. The number of guanidine groups is 1. The SMILES string of the molecule is CCNC(=NCc1ccc(F)c(C)c1)NCc1cccnc1OCC.I. The van der Waals surface area contributed by atoms with Crippen molar-refractivity contribution in [2.45, 2.75) is 33.9 Å². The van der Waals surface area contributed by atoms with Crippen LogP contribution in [0.3, 0.4) is 0 Å². The summed E-state index contributed by atoms with van der Waals surface area (Å²) in [6.45, 7) is 8.04. The Morgan fingerprint density at radius 2 is 2.04 bits per heavy atom. The Kier molecular flexibility index (Phi) is 9.93. The van der Waals surface area contributed by atoms with Crippen molar-refractivity contribution in [2.24, 2.45) is 4.99 Å². The van der Waals surface area contributed by atoms with E-state index in [0.717, 1.165) is 17.7 Å². The van der Waals surface area contributed by atoms with Crippen LogP contribution in [0.15, 0.2) is 41.5 Å². The van der Waals surface area contributed by atoms with Gasteiger partial charge in [-0.05, 0) is 44.0 Å². The molecule has 0 saturated carbocycles. The second kappa shape index (κ2) is 11.7. The summed E-state index contributed by atoms with van der Waals surface area (Å²) in [6, 6.07) is 8.90. The predicted molar refractivity (Wildman–Crippen MR) is 114 cm³/mol. The number of hydrogen-bond donors (Lipinski definition) is 2. The first kappa shape index (κ1) is 22.1. The molecule has 2 aromatic rings. The van der Waals surface area contributed by atoms with Crippen molar-refractivity contribution in [3.05, 3.63) is 59.0 Å². The molecule has 1 aromatic carbocycles. The molecule has 0 aliphatic carbocycles. The Hall–Kier alpha value is -1.90. The molecule has 2 N–H and O–H groups in total. The number of aryl methyl sites for hydroxylation is 1. The van der Waals surface area contributed by atoms with Crippen LogP contribution < -0.4 is 15.4 Å². The fraction of sp³-hybridized carbons (Fsp3) is 0.368. The van der Waals surface area contributed by atoms with Gasteiger partial charge in [0, 0.05) is 24.8 Å². The molecule has 0 fully saturated rings. The number of ether oxygens (including phenoxy) is 1. The van der Waals surface area contributed by atoms with Crippen molar-refractivity contribution in [1.29, 1.82) is 0 Å². The Labute approximate surface area is 171 Å². The quantitative estimate of drug-likeness (QED) is 0.366. The summed E-state index contributed by atoms with van der Waals surface area (Å²) in [4.78, 5) is 8.80. The Bertz CT molecular complexity index is 724. The van der Waals surface area contributed by atoms with Gasteiger partial charge < -0.3 is 15.4 Å². The highest BCUT2D eigenvalue weighted by atomic mass is 127. The molecule has 0 aliphatic heterocycles. The summed E-state index contributed by atoms with van der Waals surface area (Å²) in [5.74, 6) is 1.12. The lowest BCUT2D eigenvalue weighted by Crippen LogP contribution is -2.36. The average Bonchev–Trinajstić information content (AvgIpc) is 2.61. The molecule has 26 heavy (non-hydrogen) atoms. The van der Waals surface area contributed by atoms with E-state index < -0.39 is 0 Å². The van der Waals surface area contributed by atoms with Gasteiger partial charge in [-0.25, -0.2) is 14.4 Å². The van der Waals surface area contributed by atoms with Crippen LogP contribution >= 0.6 is 24.0 Å². The highest BCUT2D eigenvalue weighted by molar-refractivity contribution is 14.0. The summed E-state index contributed by atoms with van der Waals surface area (Å²) in [6.07, 6.45) is 1.71. The third-order valence-corrected chi connectivity index (χ3v) is 3.56. The molecule has 0 amide bonds. The maximum atomic E-state index is 13.3. The third-order valence-electron chi connectivity index (χ3n) is 3.56. The van der Waals surface area contributed by atoms with Gasteiger partial charge in [-0.2, -0.15) is 0 Å². The average molecular weight is 472 g/mol. The number of nitrogens with one attached hydrogen (secondary N) is 2. The van der Waals surface area contributed by atoms with Crippen molar-refractivity contribution in [3.63, 3.8) is 0 Å². The molecule has 0 bridgehead atoms. The minimum absolute atomic E-state index is 0. The van der Waals surface area contributed by atoms with Crippen molar-refractivity contribution in [1.82, 2.24) is 15.6 Å². The molecular formula is C19H26FIN4O. The van der Waals surface area contributed by atoms with Gasteiger partial charge in [-0.15, -0.1) is 24.0 Å². The van der Waals surface area contributed by atoms with Crippen LogP contribution in [0.2, 0.25) is 0 Å². The Morgan fingerprint density at radius 1 is 1.23 bits per heavy atom. The van der Waals surface area contributed by atoms with E-state index in [9.17, 15) is 4.39 Å². The van der Waals surface area contributed by atoms with Gasteiger partial charge in [0.25, 0.3) is 0 Å².